The third-order valence-electron chi connectivity index (χ3n) is 4.54. The van der Waals surface area contributed by atoms with E-state index in [4.69, 9.17) is 16.3 Å². The number of carbonyl (C=O) groups is 2. The number of halogens is 4. The number of aryl methyl sites for hydroxylation is 1. The Hall–Kier alpha value is -2.61. The number of nitrogens with zero attached hydrogens (tertiary/aromatic N) is 1. The smallest absolute Gasteiger partial charge is 0.416 e. The number of ether oxygens (including phenoxy) is 1. The Morgan fingerprint density at radius 3 is 2.60 bits per heavy atom. The Morgan fingerprint density at radius 2 is 1.97 bits per heavy atom. The maximum atomic E-state index is 12.7. The van der Waals surface area contributed by atoms with Gasteiger partial charge in [0.15, 0.2) is 5.78 Å². The maximum Gasteiger partial charge on any atom is 0.416 e. The number of ketones is 1. The molecule has 1 saturated carbocycles. The quantitative estimate of drug-likeness (QED) is 0.437. The molecule has 30 heavy (non-hydrogen) atoms. The first kappa shape index (κ1) is 22.1. The summed E-state index contributed by atoms with van der Waals surface area (Å²) in [5.41, 5.74) is 0.188. The maximum absolute atomic E-state index is 12.7. The van der Waals surface area contributed by atoms with Crippen LogP contribution in [0, 0.1) is 12.8 Å². The van der Waals surface area contributed by atoms with Crippen LogP contribution in [0.3, 0.4) is 0 Å². The van der Waals surface area contributed by atoms with Crippen LogP contribution in [-0.2, 0) is 11.0 Å². The van der Waals surface area contributed by atoms with E-state index in [2.05, 4.69) is 10.3 Å². The van der Waals surface area contributed by atoms with E-state index in [0.29, 0.717) is 23.5 Å². The first-order valence-corrected chi connectivity index (χ1v) is 9.83. The second kappa shape index (κ2) is 9.04. The van der Waals surface area contributed by atoms with Crippen molar-refractivity contribution in [3.8, 4) is 5.75 Å². The largest absolute Gasteiger partial charge is 0.492 e. The molecule has 0 aliphatic heterocycles. The lowest BCUT2D eigenvalue weighted by atomic mass is 10.1. The molecule has 1 aromatic carbocycles. The molecule has 1 amide bonds. The van der Waals surface area contributed by atoms with E-state index in [9.17, 15) is 22.8 Å². The molecule has 0 saturated heterocycles. The Labute approximate surface area is 176 Å². The molecule has 9 heteroatoms. The van der Waals surface area contributed by atoms with Crippen molar-refractivity contribution in [3.05, 3.63) is 52.2 Å². The van der Waals surface area contributed by atoms with E-state index >= 15 is 0 Å². The summed E-state index contributed by atoms with van der Waals surface area (Å²) >= 11 is 5.84. The molecule has 1 N–H and O–H groups in total. The fourth-order valence-corrected chi connectivity index (χ4v) is 3.06. The minimum Gasteiger partial charge on any atom is -0.492 e. The van der Waals surface area contributed by atoms with Crippen LogP contribution in [-0.4, -0.2) is 23.3 Å². The number of pyridine rings is 1. The number of alkyl halides is 3. The number of hydrogen-bond donors (Lipinski definition) is 1. The van der Waals surface area contributed by atoms with Gasteiger partial charge >= 0.3 is 6.18 Å². The van der Waals surface area contributed by atoms with E-state index in [-0.39, 0.29) is 41.4 Å². The van der Waals surface area contributed by atoms with Gasteiger partial charge in [-0.15, -0.1) is 0 Å². The number of nitrogens with one attached hydrogen (secondary N) is 1. The van der Waals surface area contributed by atoms with E-state index in [1.54, 1.807) is 19.1 Å². The van der Waals surface area contributed by atoms with Gasteiger partial charge in [0.2, 0.25) is 5.91 Å². The normalized spacial score (nSPS) is 13.8. The van der Waals surface area contributed by atoms with Gasteiger partial charge in [0.1, 0.15) is 11.6 Å². The van der Waals surface area contributed by atoms with Gasteiger partial charge in [-0.05, 0) is 56.5 Å². The number of Topliss-reactive ketones (excluding diaryl/α,β-unsaturated/α-hetero) is 1. The highest BCUT2D eigenvalue weighted by Crippen LogP contribution is 2.34. The first-order valence-electron chi connectivity index (χ1n) is 9.46. The number of benzene rings is 1. The van der Waals surface area contributed by atoms with Gasteiger partial charge in [-0.25, -0.2) is 4.98 Å². The second-order valence-corrected chi connectivity index (χ2v) is 7.57. The summed E-state index contributed by atoms with van der Waals surface area (Å²) in [5, 5.41) is 2.59. The molecular weight excluding hydrogens is 421 g/mol. The predicted molar refractivity (Wildman–Crippen MR) is 106 cm³/mol. The molecular formula is C21H20ClF3N2O3. The van der Waals surface area contributed by atoms with Crippen molar-refractivity contribution >= 4 is 29.1 Å². The highest BCUT2D eigenvalue weighted by molar-refractivity contribution is 6.32. The van der Waals surface area contributed by atoms with E-state index < -0.39 is 11.7 Å². The molecule has 2 aromatic rings. The number of hydrogen-bond acceptors (Lipinski definition) is 4. The number of carbonyl (C=O) groups excluding carboxylic acids is 2. The number of anilines is 1. The zero-order chi connectivity index (χ0) is 21.9. The predicted octanol–water partition coefficient (Wildman–Crippen LogP) is 5.45. The molecule has 0 atom stereocenters. The van der Waals surface area contributed by atoms with Gasteiger partial charge in [-0.1, -0.05) is 11.6 Å². The van der Waals surface area contributed by atoms with Crippen LogP contribution < -0.4 is 10.1 Å². The Morgan fingerprint density at radius 1 is 1.23 bits per heavy atom. The minimum absolute atomic E-state index is 0.0284. The van der Waals surface area contributed by atoms with Crippen molar-refractivity contribution in [1.29, 1.82) is 0 Å². The Balaban J connectivity index is 1.52. The third-order valence-corrected chi connectivity index (χ3v) is 4.84. The van der Waals surface area contributed by atoms with Crippen molar-refractivity contribution in [2.24, 2.45) is 5.92 Å². The SMILES string of the molecule is Cc1cc(C(=O)CCCOc2ccc(C(F)(F)F)cc2Cl)cc(NC(=O)C2CC2)n1. The molecule has 160 valence electrons. The summed E-state index contributed by atoms with van der Waals surface area (Å²) in [5.74, 6) is 0.267. The van der Waals surface area contributed by atoms with Gasteiger partial charge in [0, 0.05) is 23.6 Å². The molecule has 1 heterocycles. The lowest BCUT2D eigenvalue weighted by Gasteiger charge is -2.11. The van der Waals surface area contributed by atoms with Crippen molar-refractivity contribution in [2.75, 3.05) is 11.9 Å². The summed E-state index contributed by atoms with van der Waals surface area (Å²) in [6.07, 6.45) is -2.23. The van der Waals surface area contributed by atoms with Crippen LogP contribution in [0.4, 0.5) is 19.0 Å². The average Bonchev–Trinajstić information content (AvgIpc) is 3.50. The third kappa shape index (κ3) is 5.95. The van der Waals surface area contributed by atoms with E-state index in [1.807, 2.05) is 0 Å². The average molecular weight is 441 g/mol. The Bertz CT molecular complexity index is 959. The topological polar surface area (TPSA) is 68.3 Å². The Kier molecular flexibility index (Phi) is 6.65. The zero-order valence-corrected chi connectivity index (χ0v) is 16.9. The zero-order valence-electron chi connectivity index (χ0n) is 16.2. The molecule has 1 aromatic heterocycles. The van der Waals surface area contributed by atoms with Gasteiger partial charge < -0.3 is 10.1 Å². The van der Waals surface area contributed by atoms with Gasteiger partial charge in [0.05, 0.1) is 17.2 Å². The monoisotopic (exact) mass is 440 g/mol. The van der Waals surface area contributed by atoms with Crippen LogP contribution >= 0.6 is 11.6 Å². The van der Waals surface area contributed by atoms with Gasteiger partial charge in [-0.3, -0.25) is 9.59 Å². The molecule has 1 aliphatic carbocycles. The summed E-state index contributed by atoms with van der Waals surface area (Å²) in [4.78, 5) is 28.6. The molecule has 1 aliphatic rings. The fourth-order valence-electron chi connectivity index (χ4n) is 2.82. The molecule has 0 unspecified atom stereocenters. The van der Waals surface area contributed by atoms with Crippen molar-refractivity contribution in [2.45, 2.75) is 38.8 Å². The molecule has 3 rings (SSSR count). The lowest BCUT2D eigenvalue weighted by Crippen LogP contribution is -2.15. The van der Waals surface area contributed by atoms with Crippen LogP contribution in [0.5, 0.6) is 5.75 Å². The molecule has 5 nitrogen and oxygen atoms in total. The standard InChI is InChI=1S/C21H20ClF3N2O3/c1-12-9-14(10-19(26-12)27-20(29)13-4-5-13)17(28)3-2-8-30-18-7-6-15(11-16(18)22)21(23,24)25/h6-7,9-11,13H,2-5,8H2,1H3,(H,26,27,29). The lowest BCUT2D eigenvalue weighted by molar-refractivity contribution is -0.137. The molecule has 0 spiro atoms. The van der Waals surface area contributed by atoms with Crippen molar-refractivity contribution in [3.63, 3.8) is 0 Å². The van der Waals surface area contributed by atoms with Gasteiger partial charge in [-0.2, -0.15) is 13.2 Å². The highest BCUT2D eigenvalue weighted by Gasteiger charge is 2.31. The van der Waals surface area contributed by atoms with E-state index in [0.717, 1.165) is 31.0 Å². The van der Waals surface area contributed by atoms with Crippen molar-refractivity contribution in [1.82, 2.24) is 4.98 Å². The summed E-state index contributed by atoms with van der Waals surface area (Å²) < 4.78 is 43.4. The molecule has 0 radical (unpaired) electrons. The van der Waals surface area contributed by atoms with Crippen LogP contribution in [0.1, 0.15) is 47.3 Å². The van der Waals surface area contributed by atoms with Crippen LogP contribution in [0.2, 0.25) is 5.02 Å². The fraction of sp³-hybridized carbons (Fsp3) is 0.381. The summed E-state index contributed by atoms with van der Waals surface area (Å²) in [7, 11) is 0. The molecule has 1 fully saturated rings. The molecule has 0 bridgehead atoms. The van der Waals surface area contributed by atoms with E-state index in [1.165, 1.54) is 0 Å². The number of rotatable bonds is 8. The van der Waals surface area contributed by atoms with Gasteiger partial charge in [0.25, 0.3) is 0 Å². The summed E-state index contributed by atoms with van der Waals surface area (Å²) in [6.45, 7) is 1.85. The van der Waals surface area contributed by atoms with Crippen LogP contribution in [0.15, 0.2) is 30.3 Å². The highest BCUT2D eigenvalue weighted by atomic mass is 35.5. The first-order chi connectivity index (χ1) is 14.1. The number of aromatic nitrogens is 1. The van der Waals surface area contributed by atoms with Crippen molar-refractivity contribution < 1.29 is 27.5 Å². The van der Waals surface area contributed by atoms with Crippen LogP contribution in [0.25, 0.3) is 0 Å². The number of amides is 1. The second-order valence-electron chi connectivity index (χ2n) is 7.16. The minimum atomic E-state index is -4.48. The summed E-state index contributed by atoms with van der Waals surface area (Å²) in [6, 6.07) is 6.04.